The summed E-state index contributed by atoms with van der Waals surface area (Å²) in [5.74, 6) is 0.691. The minimum Gasteiger partial charge on any atom is -0.326 e. The first-order valence-corrected chi connectivity index (χ1v) is 7.89. The zero-order valence-electron chi connectivity index (χ0n) is 13.7. The molecule has 0 aliphatic carbocycles. The van der Waals surface area contributed by atoms with Crippen LogP contribution >= 0.6 is 0 Å². The maximum atomic E-state index is 6.36. The molecule has 0 spiro atoms. The van der Waals surface area contributed by atoms with Crippen molar-refractivity contribution in [3.63, 3.8) is 0 Å². The summed E-state index contributed by atoms with van der Waals surface area (Å²) in [5.41, 5.74) is 9.35. The van der Waals surface area contributed by atoms with Gasteiger partial charge in [0.2, 0.25) is 0 Å². The van der Waals surface area contributed by atoms with E-state index in [1.165, 1.54) is 11.1 Å². The Morgan fingerprint density at radius 1 is 1.20 bits per heavy atom. The van der Waals surface area contributed by atoms with Gasteiger partial charge < -0.3 is 5.73 Å². The second kappa shape index (κ2) is 5.87. The first-order chi connectivity index (χ1) is 9.29. The van der Waals surface area contributed by atoms with E-state index < -0.39 is 0 Å². The third-order valence-electron chi connectivity index (χ3n) is 4.27. The Morgan fingerprint density at radius 3 is 2.30 bits per heavy atom. The highest BCUT2D eigenvalue weighted by Crippen LogP contribution is 2.33. The highest BCUT2D eigenvalue weighted by Gasteiger charge is 2.33. The Labute approximate surface area is 124 Å². The molecule has 1 aromatic rings. The molecule has 0 bridgehead atoms. The van der Waals surface area contributed by atoms with E-state index in [1.807, 2.05) is 0 Å². The fourth-order valence-electron chi connectivity index (χ4n) is 3.19. The van der Waals surface area contributed by atoms with Gasteiger partial charge in [-0.25, -0.2) is 0 Å². The molecule has 1 fully saturated rings. The first kappa shape index (κ1) is 15.5. The van der Waals surface area contributed by atoms with Gasteiger partial charge in [-0.2, -0.15) is 0 Å². The van der Waals surface area contributed by atoms with Crippen molar-refractivity contribution in [3.8, 4) is 0 Å². The van der Waals surface area contributed by atoms with Crippen LogP contribution in [0, 0.1) is 5.92 Å². The molecular weight excluding hydrogens is 244 g/mol. The van der Waals surface area contributed by atoms with Crippen LogP contribution in [0.5, 0.6) is 0 Å². The molecule has 2 heteroatoms. The second-order valence-corrected chi connectivity index (χ2v) is 7.66. The molecule has 1 aliphatic heterocycles. The van der Waals surface area contributed by atoms with Crippen LogP contribution in [0.1, 0.15) is 58.2 Å². The zero-order chi connectivity index (χ0) is 14.9. The molecule has 112 valence electrons. The number of rotatable bonds is 3. The van der Waals surface area contributed by atoms with Gasteiger partial charge in [-0.05, 0) is 28.9 Å². The highest BCUT2D eigenvalue weighted by atomic mass is 15.2. The summed E-state index contributed by atoms with van der Waals surface area (Å²) in [7, 11) is 0. The molecule has 0 saturated carbocycles. The van der Waals surface area contributed by atoms with E-state index in [-0.39, 0.29) is 11.5 Å². The molecule has 1 heterocycles. The summed E-state index contributed by atoms with van der Waals surface area (Å²) in [4.78, 5) is 2.56. The van der Waals surface area contributed by atoms with Crippen molar-refractivity contribution >= 4 is 0 Å². The third kappa shape index (κ3) is 3.42. The lowest BCUT2D eigenvalue weighted by atomic mass is 9.86. The number of benzene rings is 1. The van der Waals surface area contributed by atoms with Crippen LogP contribution in [0.2, 0.25) is 0 Å². The molecule has 0 radical (unpaired) electrons. The number of hydrogen-bond donors (Lipinski definition) is 1. The maximum absolute atomic E-state index is 6.36. The maximum Gasteiger partial charge on any atom is 0.0499 e. The van der Waals surface area contributed by atoms with E-state index >= 15 is 0 Å². The molecule has 2 N–H and O–H groups in total. The van der Waals surface area contributed by atoms with Gasteiger partial charge in [0.05, 0.1) is 0 Å². The van der Waals surface area contributed by atoms with Crippen molar-refractivity contribution in [3.05, 3.63) is 35.4 Å². The van der Waals surface area contributed by atoms with Crippen molar-refractivity contribution < 1.29 is 0 Å². The second-order valence-electron chi connectivity index (χ2n) is 7.66. The molecule has 2 rings (SSSR count). The number of nitrogens with two attached hydrogens (primary N) is 1. The Hall–Kier alpha value is -0.860. The standard InChI is InChI=1S/C18H30N2/c1-13(2)12-20-11-10-16(19)17(20)14-6-8-15(9-7-14)18(3,4)5/h6-9,13,16-17H,10-12,19H2,1-5H3. The predicted octanol–water partition coefficient (Wildman–Crippen LogP) is 3.71. The number of likely N-dealkylation sites (tertiary alicyclic amines) is 1. The summed E-state index contributed by atoms with van der Waals surface area (Å²) in [6.07, 6.45) is 1.11. The van der Waals surface area contributed by atoms with Crippen molar-refractivity contribution in [2.45, 2.75) is 58.5 Å². The Bertz CT molecular complexity index is 428. The quantitative estimate of drug-likeness (QED) is 0.910. The summed E-state index contributed by atoms with van der Waals surface area (Å²) in [6.45, 7) is 13.6. The van der Waals surface area contributed by atoms with Crippen LogP contribution in [0.4, 0.5) is 0 Å². The minimum atomic E-state index is 0.216. The first-order valence-electron chi connectivity index (χ1n) is 7.89. The van der Waals surface area contributed by atoms with Crippen molar-refractivity contribution in [1.82, 2.24) is 4.90 Å². The van der Waals surface area contributed by atoms with Gasteiger partial charge in [0, 0.05) is 25.2 Å². The van der Waals surface area contributed by atoms with Gasteiger partial charge in [0.15, 0.2) is 0 Å². The topological polar surface area (TPSA) is 29.3 Å². The molecule has 20 heavy (non-hydrogen) atoms. The molecular formula is C18H30N2. The third-order valence-corrected chi connectivity index (χ3v) is 4.27. The predicted molar refractivity (Wildman–Crippen MR) is 86.9 cm³/mol. The van der Waals surface area contributed by atoms with Crippen LogP contribution in [0.3, 0.4) is 0 Å². The smallest absolute Gasteiger partial charge is 0.0499 e. The summed E-state index contributed by atoms with van der Waals surface area (Å²) >= 11 is 0. The fraction of sp³-hybridized carbons (Fsp3) is 0.667. The molecule has 1 aliphatic rings. The molecule has 2 atom stereocenters. The van der Waals surface area contributed by atoms with Crippen LogP contribution in [-0.2, 0) is 5.41 Å². The molecule has 2 nitrogen and oxygen atoms in total. The van der Waals surface area contributed by atoms with Gasteiger partial charge in [0.25, 0.3) is 0 Å². The Morgan fingerprint density at radius 2 is 1.80 bits per heavy atom. The fourth-order valence-corrected chi connectivity index (χ4v) is 3.19. The van der Waals surface area contributed by atoms with Crippen LogP contribution in [-0.4, -0.2) is 24.0 Å². The molecule has 1 aromatic carbocycles. The minimum absolute atomic E-state index is 0.216. The van der Waals surface area contributed by atoms with E-state index in [9.17, 15) is 0 Å². The van der Waals surface area contributed by atoms with E-state index in [0.29, 0.717) is 12.0 Å². The monoisotopic (exact) mass is 274 g/mol. The van der Waals surface area contributed by atoms with Crippen LogP contribution in [0.25, 0.3) is 0 Å². The average Bonchev–Trinajstić information content (AvgIpc) is 2.69. The lowest BCUT2D eigenvalue weighted by Crippen LogP contribution is -2.34. The molecule has 0 aromatic heterocycles. The van der Waals surface area contributed by atoms with Gasteiger partial charge in [-0.15, -0.1) is 0 Å². The summed E-state index contributed by atoms with van der Waals surface area (Å²) in [5, 5.41) is 0. The largest absolute Gasteiger partial charge is 0.326 e. The SMILES string of the molecule is CC(C)CN1CCC(N)C1c1ccc(C(C)(C)C)cc1. The summed E-state index contributed by atoms with van der Waals surface area (Å²) in [6, 6.07) is 9.77. The van der Waals surface area contributed by atoms with E-state index in [0.717, 1.165) is 19.5 Å². The van der Waals surface area contributed by atoms with Crippen LogP contribution < -0.4 is 5.73 Å². The van der Waals surface area contributed by atoms with E-state index in [2.05, 4.69) is 63.8 Å². The average molecular weight is 274 g/mol. The van der Waals surface area contributed by atoms with E-state index in [4.69, 9.17) is 5.73 Å². The van der Waals surface area contributed by atoms with Gasteiger partial charge in [-0.3, -0.25) is 4.90 Å². The number of nitrogens with zero attached hydrogens (tertiary/aromatic N) is 1. The Balaban J connectivity index is 2.20. The Kier molecular flexibility index (Phi) is 4.55. The molecule has 0 amide bonds. The zero-order valence-corrected chi connectivity index (χ0v) is 13.7. The van der Waals surface area contributed by atoms with Crippen molar-refractivity contribution in [2.24, 2.45) is 11.7 Å². The lowest BCUT2D eigenvalue weighted by molar-refractivity contribution is 0.221. The van der Waals surface area contributed by atoms with Crippen molar-refractivity contribution in [1.29, 1.82) is 0 Å². The van der Waals surface area contributed by atoms with Gasteiger partial charge in [0.1, 0.15) is 0 Å². The normalized spacial score (nSPS) is 24.6. The van der Waals surface area contributed by atoms with Gasteiger partial charge >= 0.3 is 0 Å². The molecule has 1 saturated heterocycles. The van der Waals surface area contributed by atoms with Gasteiger partial charge in [-0.1, -0.05) is 58.9 Å². The number of hydrogen-bond acceptors (Lipinski definition) is 2. The van der Waals surface area contributed by atoms with Crippen molar-refractivity contribution in [2.75, 3.05) is 13.1 Å². The van der Waals surface area contributed by atoms with Crippen LogP contribution in [0.15, 0.2) is 24.3 Å². The lowest BCUT2D eigenvalue weighted by Gasteiger charge is -2.29. The van der Waals surface area contributed by atoms with E-state index in [1.54, 1.807) is 0 Å². The highest BCUT2D eigenvalue weighted by molar-refractivity contribution is 5.30. The molecule has 2 unspecified atom stereocenters. The summed E-state index contributed by atoms with van der Waals surface area (Å²) < 4.78 is 0.